The molecule has 0 unspecified atom stereocenters. The predicted molar refractivity (Wildman–Crippen MR) is 72.8 cm³/mol. The highest BCUT2D eigenvalue weighted by Crippen LogP contribution is 2.33. The molecule has 1 N–H and O–H groups in total. The molecule has 0 fully saturated rings. The summed E-state index contributed by atoms with van der Waals surface area (Å²) in [6.45, 7) is 1.42. The Hall–Kier alpha value is -1.82. The summed E-state index contributed by atoms with van der Waals surface area (Å²) in [6.07, 6.45) is -3.12. The Kier molecular flexibility index (Phi) is 3.71. The van der Waals surface area contributed by atoms with Crippen LogP contribution < -0.4 is 5.32 Å². The molecule has 1 aromatic carbocycles. The van der Waals surface area contributed by atoms with Crippen LogP contribution in [0.25, 0.3) is 0 Å². The maximum atomic E-state index is 13.0. The Balaban J connectivity index is 1.87. The van der Waals surface area contributed by atoms with E-state index in [9.17, 15) is 13.2 Å². The van der Waals surface area contributed by atoms with Gasteiger partial charge in [0.1, 0.15) is 0 Å². The molecule has 0 saturated heterocycles. The minimum Gasteiger partial charge on any atom is -0.312 e. The van der Waals surface area contributed by atoms with Crippen LogP contribution in [-0.4, -0.2) is 16.3 Å². The molecule has 0 radical (unpaired) electrons. The van der Waals surface area contributed by atoms with Gasteiger partial charge in [-0.1, -0.05) is 30.3 Å². The third-order valence-electron chi connectivity index (χ3n) is 3.73. The number of nitrogens with zero attached hydrogens (tertiary/aromatic N) is 2. The summed E-state index contributed by atoms with van der Waals surface area (Å²) in [6, 6.07) is 9.73. The molecule has 1 aromatic heterocycles. The normalized spacial score (nSPS) is 15.0. The zero-order chi connectivity index (χ0) is 14.9. The molecule has 6 heteroatoms. The van der Waals surface area contributed by atoms with Crippen molar-refractivity contribution < 1.29 is 13.2 Å². The lowest BCUT2D eigenvalue weighted by Crippen LogP contribution is -2.26. The first-order valence-corrected chi connectivity index (χ1v) is 6.96. The standard InChI is InChI=1S/C15H16F3N3/c16-15(17,18)14-12-10-19-8-6-13(12)21(20-14)9-7-11-4-2-1-3-5-11/h1-5,19H,6-10H2. The Morgan fingerprint density at radius 2 is 1.95 bits per heavy atom. The number of hydrogen-bond acceptors (Lipinski definition) is 2. The van der Waals surface area contributed by atoms with E-state index in [-0.39, 0.29) is 6.54 Å². The first-order chi connectivity index (χ1) is 10.1. The molecular weight excluding hydrogens is 279 g/mol. The molecular formula is C15H16F3N3. The Labute approximate surface area is 120 Å². The van der Waals surface area contributed by atoms with Crippen LogP contribution in [0.5, 0.6) is 0 Å². The van der Waals surface area contributed by atoms with Crippen molar-refractivity contribution in [1.82, 2.24) is 15.1 Å². The first-order valence-electron chi connectivity index (χ1n) is 6.96. The number of halogens is 3. The number of hydrogen-bond donors (Lipinski definition) is 1. The van der Waals surface area contributed by atoms with Crippen molar-refractivity contribution in [2.75, 3.05) is 6.54 Å². The summed E-state index contributed by atoms with van der Waals surface area (Å²) < 4.78 is 40.7. The second kappa shape index (κ2) is 5.52. The molecule has 0 aliphatic carbocycles. The third kappa shape index (κ3) is 2.95. The van der Waals surface area contributed by atoms with Gasteiger partial charge in [-0.2, -0.15) is 18.3 Å². The van der Waals surface area contributed by atoms with Crippen molar-refractivity contribution in [1.29, 1.82) is 0 Å². The lowest BCUT2D eigenvalue weighted by molar-refractivity contribution is -0.142. The van der Waals surface area contributed by atoms with E-state index < -0.39 is 11.9 Å². The molecule has 1 aliphatic rings. The molecule has 0 atom stereocenters. The molecule has 2 heterocycles. The quantitative estimate of drug-likeness (QED) is 0.943. The van der Waals surface area contributed by atoms with Gasteiger partial charge in [0.15, 0.2) is 5.69 Å². The Morgan fingerprint density at radius 1 is 1.19 bits per heavy atom. The van der Waals surface area contributed by atoms with E-state index in [1.165, 1.54) is 4.68 Å². The van der Waals surface area contributed by atoms with Crippen molar-refractivity contribution >= 4 is 0 Å². The molecule has 0 spiro atoms. The van der Waals surface area contributed by atoms with Crippen molar-refractivity contribution in [2.24, 2.45) is 0 Å². The minimum absolute atomic E-state index is 0.246. The fraction of sp³-hybridized carbons (Fsp3) is 0.400. The summed E-state index contributed by atoms with van der Waals surface area (Å²) in [7, 11) is 0. The monoisotopic (exact) mass is 295 g/mol. The number of fused-ring (bicyclic) bond motifs is 1. The van der Waals surface area contributed by atoms with Gasteiger partial charge in [-0.05, 0) is 12.0 Å². The van der Waals surface area contributed by atoms with Gasteiger partial charge in [0.2, 0.25) is 0 Å². The topological polar surface area (TPSA) is 29.9 Å². The number of alkyl halides is 3. The highest BCUT2D eigenvalue weighted by molar-refractivity contribution is 5.30. The van der Waals surface area contributed by atoms with Crippen LogP contribution in [0, 0.1) is 0 Å². The highest BCUT2D eigenvalue weighted by atomic mass is 19.4. The van der Waals surface area contributed by atoms with Crippen LogP contribution in [-0.2, 0) is 32.1 Å². The molecule has 1 aliphatic heterocycles. The second-order valence-corrected chi connectivity index (χ2v) is 5.16. The highest BCUT2D eigenvalue weighted by Gasteiger charge is 2.39. The molecule has 2 aromatic rings. The Bertz CT molecular complexity index is 617. The predicted octanol–water partition coefficient (Wildman–Crippen LogP) is 2.79. The maximum Gasteiger partial charge on any atom is 0.435 e. The van der Waals surface area contributed by atoms with E-state index in [1.54, 1.807) is 0 Å². The van der Waals surface area contributed by atoms with Gasteiger partial charge in [-0.3, -0.25) is 4.68 Å². The third-order valence-corrected chi connectivity index (χ3v) is 3.73. The van der Waals surface area contributed by atoms with Crippen LogP contribution in [0.3, 0.4) is 0 Å². The van der Waals surface area contributed by atoms with E-state index in [4.69, 9.17) is 0 Å². The van der Waals surface area contributed by atoms with E-state index in [2.05, 4.69) is 10.4 Å². The van der Waals surface area contributed by atoms with Gasteiger partial charge >= 0.3 is 6.18 Å². The maximum absolute atomic E-state index is 13.0. The van der Waals surface area contributed by atoms with Crippen LogP contribution in [0.1, 0.15) is 22.5 Å². The van der Waals surface area contributed by atoms with Crippen LogP contribution in [0.2, 0.25) is 0 Å². The molecule has 0 saturated carbocycles. The van der Waals surface area contributed by atoms with Crippen LogP contribution in [0.4, 0.5) is 13.2 Å². The average Bonchev–Trinajstić information content (AvgIpc) is 2.85. The lowest BCUT2D eigenvalue weighted by Gasteiger charge is -2.16. The first kappa shape index (κ1) is 14.1. The molecule has 0 amide bonds. The zero-order valence-corrected chi connectivity index (χ0v) is 11.5. The minimum atomic E-state index is -4.39. The summed E-state index contributed by atoms with van der Waals surface area (Å²) in [5.41, 5.74) is 1.39. The van der Waals surface area contributed by atoms with E-state index in [0.29, 0.717) is 31.5 Å². The lowest BCUT2D eigenvalue weighted by atomic mass is 10.1. The van der Waals surface area contributed by atoms with Crippen LogP contribution >= 0.6 is 0 Å². The number of nitrogens with one attached hydrogen (secondary N) is 1. The summed E-state index contributed by atoms with van der Waals surface area (Å²) in [5.74, 6) is 0. The van der Waals surface area contributed by atoms with Gasteiger partial charge in [0.05, 0.1) is 0 Å². The van der Waals surface area contributed by atoms with Gasteiger partial charge in [-0.25, -0.2) is 0 Å². The van der Waals surface area contributed by atoms with Crippen molar-refractivity contribution in [3.8, 4) is 0 Å². The van der Waals surface area contributed by atoms with Gasteiger partial charge in [-0.15, -0.1) is 0 Å². The van der Waals surface area contributed by atoms with Crippen molar-refractivity contribution in [2.45, 2.75) is 32.1 Å². The van der Waals surface area contributed by atoms with Crippen molar-refractivity contribution in [3.05, 3.63) is 52.8 Å². The number of aryl methyl sites for hydroxylation is 2. The average molecular weight is 295 g/mol. The summed E-state index contributed by atoms with van der Waals surface area (Å²) in [5, 5.41) is 6.82. The van der Waals surface area contributed by atoms with Crippen molar-refractivity contribution in [3.63, 3.8) is 0 Å². The second-order valence-electron chi connectivity index (χ2n) is 5.16. The molecule has 0 bridgehead atoms. The molecule has 3 rings (SSSR count). The fourth-order valence-corrected chi connectivity index (χ4v) is 2.71. The molecule has 21 heavy (non-hydrogen) atoms. The smallest absolute Gasteiger partial charge is 0.312 e. The number of aromatic nitrogens is 2. The summed E-state index contributed by atoms with van der Waals surface area (Å²) >= 11 is 0. The van der Waals surface area contributed by atoms with E-state index in [0.717, 1.165) is 11.3 Å². The number of benzene rings is 1. The van der Waals surface area contributed by atoms with Gasteiger partial charge in [0, 0.05) is 37.3 Å². The summed E-state index contributed by atoms with van der Waals surface area (Å²) in [4.78, 5) is 0. The Morgan fingerprint density at radius 3 is 2.67 bits per heavy atom. The van der Waals surface area contributed by atoms with Crippen LogP contribution in [0.15, 0.2) is 30.3 Å². The SMILES string of the molecule is FC(F)(F)c1nn(CCc2ccccc2)c2c1CNCC2. The van der Waals surface area contributed by atoms with E-state index in [1.807, 2.05) is 30.3 Å². The van der Waals surface area contributed by atoms with E-state index >= 15 is 0 Å². The largest absolute Gasteiger partial charge is 0.435 e. The van der Waals surface area contributed by atoms with Gasteiger partial charge in [0.25, 0.3) is 0 Å². The molecule has 3 nitrogen and oxygen atoms in total. The molecule has 112 valence electrons. The fourth-order valence-electron chi connectivity index (χ4n) is 2.71. The number of rotatable bonds is 3. The van der Waals surface area contributed by atoms with Gasteiger partial charge < -0.3 is 5.32 Å². The zero-order valence-electron chi connectivity index (χ0n) is 11.5.